The molecule has 0 aliphatic carbocycles. The summed E-state index contributed by atoms with van der Waals surface area (Å²) >= 11 is 2.03. The van der Waals surface area contributed by atoms with Crippen LogP contribution in [0.5, 0.6) is 0 Å². The van der Waals surface area contributed by atoms with Gasteiger partial charge in [0.1, 0.15) is 0 Å². The molecule has 0 aromatic carbocycles. The van der Waals surface area contributed by atoms with E-state index >= 15 is 0 Å². The molecule has 14 heavy (non-hydrogen) atoms. The first-order valence-electron chi connectivity index (χ1n) is 5.50. The Labute approximate surface area is 93.2 Å². The van der Waals surface area contributed by atoms with Crippen LogP contribution in [-0.2, 0) is 4.74 Å². The number of hydrogen-bond acceptors (Lipinski definition) is 3. The maximum absolute atomic E-state index is 5.01. The van der Waals surface area contributed by atoms with Gasteiger partial charge in [0.25, 0.3) is 0 Å². The van der Waals surface area contributed by atoms with Crippen LogP contribution in [0.4, 0.5) is 0 Å². The van der Waals surface area contributed by atoms with Crippen LogP contribution in [-0.4, -0.2) is 38.3 Å². The molecule has 2 nitrogen and oxygen atoms in total. The fraction of sp³-hybridized carbons (Fsp3) is 1.00. The Bertz CT molecular complexity index is 122. The van der Waals surface area contributed by atoms with E-state index in [0.29, 0.717) is 6.04 Å². The largest absolute Gasteiger partial charge is 0.385 e. The van der Waals surface area contributed by atoms with Crippen LogP contribution in [0.3, 0.4) is 0 Å². The molecule has 86 valence electrons. The lowest BCUT2D eigenvalue weighted by molar-refractivity contribution is 0.200. The Hall–Kier alpha value is 0.270. The highest BCUT2D eigenvalue weighted by Gasteiger charge is 2.12. The zero-order chi connectivity index (χ0) is 10.8. The van der Waals surface area contributed by atoms with Crippen LogP contribution in [0.1, 0.15) is 26.7 Å². The highest BCUT2D eigenvalue weighted by molar-refractivity contribution is 7.99. The summed E-state index contributed by atoms with van der Waals surface area (Å²) in [6.45, 7) is 5.46. The summed E-state index contributed by atoms with van der Waals surface area (Å²) in [7, 11) is 3.83. The molecule has 0 aromatic rings. The van der Waals surface area contributed by atoms with Crippen molar-refractivity contribution in [3.8, 4) is 0 Å². The zero-order valence-corrected chi connectivity index (χ0v) is 10.8. The highest BCUT2D eigenvalue weighted by atomic mass is 32.2. The molecule has 0 heterocycles. The van der Waals surface area contributed by atoms with Gasteiger partial charge in [0.05, 0.1) is 0 Å². The third-order valence-electron chi connectivity index (χ3n) is 2.64. The van der Waals surface area contributed by atoms with Crippen LogP contribution in [0, 0.1) is 5.92 Å². The smallest absolute Gasteiger partial charge is 0.0470 e. The molecule has 0 bridgehead atoms. The lowest BCUT2D eigenvalue weighted by atomic mass is 10.0. The minimum Gasteiger partial charge on any atom is -0.385 e. The Kier molecular flexibility index (Phi) is 10.0. The number of thioether (sulfide) groups is 1. The first kappa shape index (κ1) is 14.3. The summed E-state index contributed by atoms with van der Waals surface area (Å²) in [6, 6.07) is 0.660. The van der Waals surface area contributed by atoms with E-state index in [1.165, 1.54) is 17.9 Å². The van der Waals surface area contributed by atoms with Crippen molar-refractivity contribution in [2.75, 3.05) is 32.3 Å². The van der Waals surface area contributed by atoms with Gasteiger partial charge < -0.3 is 10.1 Å². The van der Waals surface area contributed by atoms with Gasteiger partial charge in [0.2, 0.25) is 0 Å². The second-order valence-corrected chi connectivity index (χ2v) is 4.85. The monoisotopic (exact) mass is 219 g/mol. The van der Waals surface area contributed by atoms with Gasteiger partial charge in [0.15, 0.2) is 0 Å². The summed E-state index contributed by atoms with van der Waals surface area (Å²) in [4.78, 5) is 0. The Balaban J connectivity index is 3.42. The number of rotatable bonds is 9. The van der Waals surface area contributed by atoms with Gasteiger partial charge in [-0.1, -0.05) is 20.3 Å². The number of hydrogen-bond donors (Lipinski definition) is 1. The van der Waals surface area contributed by atoms with Crippen molar-refractivity contribution in [1.82, 2.24) is 5.32 Å². The minimum atomic E-state index is 0.660. The molecule has 0 aliphatic heterocycles. The van der Waals surface area contributed by atoms with Crippen molar-refractivity contribution in [1.29, 1.82) is 0 Å². The number of ether oxygens (including phenoxy) is 1. The molecular formula is C11H25NOS. The van der Waals surface area contributed by atoms with Crippen molar-refractivity contribution < 1.29 is 4.74 Å². The van der Waals surface area contributed by atoms with E-state index in [-0.39, 0.29) is 0 Å². The predicted octanol–water partition coefficient (Wildman–Crippen LogP) is 2.39. The van der Waals surface area contributed by atoms with Crippen molar-refractivity contribution in [3.05, 3.63) is 0 Å². The average Bonchev–Trinajstić information content (AvgIpc) is 2.22. The summed E-state index contributed by atoms with van der Waals surface area (Å²) in [5.41, 5.74) is 0. The summed E-state index contributed by atoms with van der Waals surface area (Å²) < 4.78 is 5.01. The average molecular weight is 219 g/mol. The summed E-state index contributed by atoms with van der Waals surface area (Å²) in [5.74, 6) is 3.20. The Morgan fingerprint density at radius 3 is 2.64 bits per heavy atom. The third-order valence-corrected chi connectivity index (χ3v) is 3.81. The van der Waals surface area contributed by atoms with Gasteiger partial charge in [-0.3, -0.25) is 0 Å². The number of methoxy groups -OCH3 is 1. The molecule has 1 N–H and O–H groups in total. The van der Waals surface area contributed by atoms with Crippen LogP contribution < -0.4 is 5.32 Å². The molecule has 0 spiro atoms. The topological polar surface area (TPSA) is 21.3 Å². The highest BCUT2D eigenvalue weighted by Crippen LogP contribution is 2.13. The number of nitrogens with one attached hydrogen (secondary N) is 1. The van der Waals surface area contributed by atoms with Crippen LogP contribution in [0.15, 0.2) is 0 Å². The van der Waals surface area contributed by atoms with E-state index in [4.69, 9.17) is 4.74 Å². The Morgan fingerprint density at radius 1 is 1.43 bits per heavy atom. The van der Waals surface area contributed by atoms with Gasteiger partial charge in [0, 0.05) is 25.5 Å². The lowest BCUT2D eigenvalue weighted by Gasteiger charge is -2.21. The molecule has 2 atom stereocenters. The molecule has 3 heteroatoms. The van der Waals surface area contributed by atoms with Gasteiger partial charge in [-0.2, -0.15) is 11.8 Å². The van der Waals surface area contributed by atoms with E-state index in [0.717, 1.165) is 18.9 Å². The molecule has 0 radical (unpaired) electrons. The quantitative estimate of drug-likeness (QED) is 0.602. The molecule has 0 amide bonds. The maximum Gasteiger partial charge on any atom is 0.0470 e. The molecule has 0 fully saturated rings. The van der Waals surface area contributed by atoms with Gasteiger partial charge >= 0.3 is 0 Å². The van der Waals surface area contributed by atoms with E-state index in [1.807, 2.05) is 11.8 Å². The van der Waals surface area contributed by atoms with E-state index in [1.54, 1.807) is 7.11 Å². The Morgan fingerprint density at radius 2 is 2.14 bits per heavy atom. The molecule has 2 unspecified atom stereocenters. The second kappa shape index (κ2) is 9.81. The van der Waals surface area contributed by atoms with Gasteiger partial charge in [-0.05, 0) is 25.1 Å². The predicted molar refractivity (Wildman–Crippen MR) is 66.1 cm³/mol. The van der Waals surface area contributed by atoms with E-state index < -0.39 is 0 Å². The lowest BCUT2D eigenvalue weighted by Crippen LogP contribution is -2.34. The van der Waals surface area contributed by atoms with Crippen LogP contribution >= 0.6 is 11.8 Å². The van der Waals surface area contributed by atoms with Gasteiger partial charge in [-0.15, -0.1) is 0 Å². The van der Waals surface area contributed by atoms with Crippen molar-refractivity contribution in [2.45, 2.75) is 32.7 Å². The molecule has 0 saturated carbocycles. The maximum atomic E-state index is 5.01. The normalized spacial score (nSPS) is 15.4. The fourth-order valence-electron chi connectivity index (χ4n) is 1.33. The molecule has 0 saturated heterocycles. The van der Waals surface area contributed by atoms with Gasteiger partial charge in [-0.25, -0.2) is 0 Å². The zero-order valence-electron chi connectivity index (χ0n) is 10.0. The van der Waals surface area contributed by atoms with Crippen molar-refractivity contribution in [3.63, 3.8) is 0 Å². The first-order valence-corrected chi connectivity index (χ1v) is 6.65. The van der Waals surface area contributed by atoms with Crippen molar-refractivity contribution >= 4 is 11.8 Å². The standard InChI is InChI=1S/C11H25NOS/c1-5-10(2)11(12-3)9-14-8-6-7-13-4/h10-12H,5-9H2,1-4H3. The molecular weight excluding hydrogens is 194 g/mol. The van der Waals surface area contributed by atoms with Crippen LogP contribution in [0.25, 0.3) is 0 Å². The van der Waals surface area contributed by atoms with Crippen molar-refractivity contribution in [2.24, 2.45) is 5.92 Å². The van der Waals surface area contributed by atoms with E-state index in [2.05, 4.69) is 26.2 Å². The first-order chi connectivity index (χ1) is 6.76. The SMILES string of the molecule is CCC(C)C(CSCCCOC)NC. The summed E-state index contributed by atoms with van der Waals surface area (Å²) in [5, 5.41) is 3.39. The fourth-order valence-corrected chi connectivity index (χ4v) is 2.57. The van der Waals surface area contributed by atoms with E-state index in [9.17, 15) is 0 Å². The summed E-state index contributed by atoms with van der Waals surface area (Å²) in [6.07, 6.45) is 2.42. The minimum absolute atomic E-state index is 0.660. The second-order valence-electron chi connectivity index (χ2n) is 3.70. The molecule has 0 aliphatic rings. The molecule has 0 rings (SSSR count). The molecule has 0 aromatic heterocycles. The van der Waals surface area contributed by atoms with Crippen LogP contribution in [0.2, 0.25) is 0 Å². The third kappa shape index (κ3) is 6.68.